The summed E-state index contributed by atoms with van der Waals surface area (Å²) < 4.78 is 2.92. The molecule has 2 aromatic rings. The van der Waals surface area contributed by atoms with Crippen molar-refractivity contribution in [1.82, 2.24) is 4.57 Å². The zero-order valence-corrected chi connectivity index (χ0v) is 11.4. The molecule has 2 rings (SSSR count). The number of hydrogen-bond acceptors (Lipinski definition) is 2. The SMILES string of the molecule is Cc1cc(=O)c(CC#N)cn1-c1ccc(Br)cc1. The van der Waals surface area contributed by atoms with Crippen LogP contribution in [-0.2, 0) is 6.42 Å². The van der Waals surface area contributed by atoms with E-state index in [4.69, 9.17) is 5.26 Å². The van der Waals surface area contributed by atoms with Gasteiger partial charge in [-0.05, 0) is 31.2 Å². The van der Waals surface area contributed by atoms with E-state index in [0.717, 1.165) is 15.9 Å². The van der Waals surface area contributed by atoms with Crippen molar-refractivity contribution in [2.75, 3.05) is 0 Å². The lowest BCUT2D eigenvalue weighted by molar-refractivity contribution is 0.948. The fraction of sp³-hybridized carbons (Fsp3) is 0.143. The van der Waals surface area contributed by atoms with E-state index < -0.39 is 0 Å². The largest absolute Gasteiger partial charge is 0.321 e. The maximum Gasteiger partial charge on any atom is 0.186 e. The molecule has 0 aliphatic rings. The molecule has 4 heteroatoms. The first-order valence-corrected chi connectivity index (χ1v) is 6.26. The van der Waals surface area contributed by atoms with Gasteiger partial charge in [-0.15, -0.1) is 0 Å². The van der Waals surface area contributed by atoms with Crippen LogP contribution in [0, 0.1) is 18.3 Å². The summed E-state index contributed by atoms with van der Waals surface area (Å²) in [6, 6.07) is 11.4. The zero-order chi connectivity index (χ0) is 13.1. The Balaban J connectivity index is 2.57. The van der Waals surface area contributed by atoms with Crippen LogP contribution in [0.3, 0.4) is 0 Å². The van der Waals surface area contributed by atoms with Crippen molar-refractivity contribution in [2.24, 2.45) is 0 Å². The van der Waals surface area contributed by atoms with Gasteiger partial charge in [-0.1, -0.05) is 15.9 Å². The van der Waals surface area contributed by atoms with E-state index in [2.05, 4.69) is 15.9 Å². The Hall–Kier alpha value is -1.86. The summed E-state index contributed by atoms with van der Waals surface area (Å²) >= 11 is 3.39. The average Bonchev–Trinajstić information content (AvgIpc) is 2.34. The number of aryl methyl sites for hydroxylation is 1. The van der Waals surface area contributed by atoms with Crippen LogP contribution in [0.1, 0.15) is 11.3 Å². The van der Waals surface area contributed by atoms with Crippen molar-refractivity contribution in [2.45, 2.75) is 13.3 Å². The summed E-state index contributed by atoms with van der Waals surface area (Å²) in [6.07, 6.45) is 1.87. The number of pyridine rings is 1. The monoisotopic (exact) mass is 302 g/mol. The first kappa shape index (κ1) is 12.6. The van der Waals surface area contributed by atoms with E-state index in [1.165, 1.54) is 0 Å². The molecular weight excluding hydrogens is 292 g/mol. The smallest absolute Gasteiger partial charge is 0.186 e. The summed E-state index contributed by atoms with van der Waals surface area (Å²) in [5.74, 6) is 0. The molecule has 18 heavy (non-hydrogen) atoms. The highest BCUT2D eigenvalue weighted by Gasteiger charge is 2.05. The van der Waals surface area contributed by atoms with Crippen molar-refractivity contribution in [3.63, 3.8) is 0 Å². The number of nitriles is 1. The van der Waals surface area contributed by atoms with Crippen LogP contribution >= 0.6 is 15.9 Å². The molecule has 0 radical (unpaired) electrons. The van der Waals surface area contributed by atoms with Gasteiger partial charge in [0.15, 0.2) is 5.43 Å². The Morgan fingerprint density at radius 2 is 2.00 bits per heavy atom. The van der Waals surface area contributed by atoms with E-state index in [1.54, 1.807) is 12.3 Å². The lowest BCUT2D eigenvalue weighted by atomic mass is 10.2. The summed E-state index contributed by atoms with van der Waals surface area (Å²) in [5, 5.41) is 8.71. The third kappa shape index (κ3) is 2.52. The first-order chi connectivity index (χ1) is 8.61. The van der Waals surface area contributed by atoms with Crippen LogP contribution in [0.25, 0.3) is 5.69 Å². The molecule has 1 aromatic carbocycles. The van der Waals surface area contributed by atoms with Gasteiger partial charge in [0, 0.05) is 33.7 Å². The molecular formula is C14H11BrN2O. The van der Waals surface area contributed by atoms with Crippen molar-refractivity contribution < 1.29 is 0 Å². The summed E-state index contributed by atoms with van der Waals surface area (Å²) in [6.45, 7) is 1.87. The molecule has 0 aliphatic heterocycles. The fourth-order valence-corrected chi connectivity index (χ4v) is 2.04. The Morgan fingerprint density at radius 1 is 1.33 bits per heavy atom. The molecule has 3 nitrogen and oxygen atoms in total. The first-order valence-electron chi connectivity index (χ1n) is 5.47. The third-order valence-electron chi connectivity index (χ3n) is 2.70. The topological polar surface area (TPSA) is 45.8 Å². The Bertz CT molecular complexity index is 666. The van der Waals surface area contributed by atoms with E-state index in [0.29, 0.717) is 5.56 Å². The van der Waals surface area contributed by atoms with Crippen molar-refractivity contribution >= 4 is 15.9 Å². The summed E-state index contributed by atoms with van der Waals surface area (Å²) in [7, 11) is 0. The van der Waals surface area contributed by atoms with Crippen LogP contribution in [0.2, 0.25) is 0 Å². The number of benzene rings is 1. The van der Waals surface area contributed by atoms with Gasteiger partial charge in [0.05, 0.1) is 12.5 Å². The zero-order valence-electron chi connectivity index (χ0n) is 9.85. The van der Waals surface area contributed by atoms with Crippen molar-refractivity contribution in [1.29, 1.82) is 5.26 Å². The number of nitrogens with zero attached hydrogens (tertiary/aromatic N) is 2. The quantitative estimate of drug-likeness (QED) is 0.856. The van der Waals surface area contributed by atoms with Gasteiger partial charge in [-0.25, -0.2) is 0 Å². The molecule has 0 atom stereocenters. The number of aromatic nitrogens is 1. The predicted octanol–water partition coefficient (Wildman–Crippen LogP) is 2.97. The summed E-state index contributed by atoms with van der Waals surface area (Å²) in [5.41, 5.74) is 2.26. The van der Waals surface area contributed by atoms with Gasteiger partial charge in [0.25, 0.3) is 0 Å². The molecule has 1 heterocycles. The normalized spacial score (nSPS) is 10.1. The molecule has 90 valence electrons. The van der Waals surface area contributed by atoms with Gasteiger partial charge in [0.1, 0.15) is 0 Å². The Labute approximate surface area is 113 Å². The number of rotatable bonds is 2. The maximum atomic E-state index is 11.7. The molecule has 0 N–H and O–H groups in total. The van der Waals surface area contributed by atoms with Crippen LogP contribution < -0.4 is 5.43 Å². The van der Waals surface area contributed by atoms with Crippen molar-refractivity contribution in [3.8, 4) is 11.8 Å². The second kappa shape index (κ2) is 5.19. The van der Waals surface area contributed by atoms with Gasteiger partial charge in [-0.2, -0.15) is 5.26 Å². The molecule has 0 unspecified atom stereocenters. The van der Waals surface area contributed by atoms with Crippen LogP contribution in [0.5, 0.6) is 0 Å². The summed E-state index contributed by atoms with van der Waals surface area (Å²) in [4.78, 5) is 11.7. The maximum absolute atomic E-state index is 11.7. The minimum Gasteiger partial charge on any atom is -0.321 e. The molecule has 0 fully saturated rings. The molecule has 0 spiro atoms. The minimum absolute atomic E-state index is 0.0811. The third-order valence-corrected chi connectivity index (χ3v) is 3.22. The van der Waals surface area contributed by atoms with Gasteiger partial charge >= 0.3 is 0 Å². The minimum atomic E-state index is -0.0811. The molecule has 1 aromatic heterocycles. The molecule has 0 aliphatic carbocycles. The fourth-order valence-electron chi connectivity index (χ4n) is 1.77. The van der Waals surface area contributed by atoms with Crippen LogP contribution in [-0.4, -0.2) is 4.57 Å². The Kier molecular flexibility index (Phi) is 3.63. The second-order valence-corrected chi connectivity index (χ2v) is 4.90. The molecule has 0 amide bonds. The highest BCUT2D eigenvalue weighted by atomic mass is 79.9. The van der Waals surface area contributed by atoms with Crippen LogP contribution in [0.15, 0.2) is 45.8 Å². The highest BCUT2D eigenvalue weighted by Crippen LogP contribution is 2.15. The van der Waals surface area contributed by atoms with Crippen molar-refractivity contribution in [3.05, 3.63) is 62.5 Å². The second-order valence-electron chi connectivity index (χ2n) is 3.99. The number of hydrogen-bond donors (Lipinski definition) is 0. The standard InChI is InChI=1S/C14H11BrN2O/c1-10-8-14(18)11(6-7-16)9-17(10)13-4-2-12(15)3-5-13/h2-5,8-9H,6H2,1H3. The van der Waals surface area contributed by atoms with E-state index in [9.17, 15) is 4.79 Å². The Morgan fingerprint density at radius 3 is 2.61 bits per heavy atom. The van der Waals surface area contributed by atoms with E-state index >= 15 is 0 Å². The van der Waals surface area contributed by atoms with E-state index in [-0.39, 0.29) is 11.8 Å². The molecule has 0 saturated carbocycles. The van der Waals surface area contributed by atoms with Gasteiger partial charge in [0.2, 0.25) is 0 Å². The average molecular weight is 303 g/mol. The van der Waals surface area contributed by atoms with Gasteiger partial charge < -0.3 is 4.57 Å². The number of halogens is 1. The predicted molar refractivity (Wildman–Crippen MR) is 73.8 cm³/mol. The van der Waals surface area contributed by atoms with Gasteiger partial charge in [-0.3, -0.25) is 4.79 Å². The molecule has 0 saturated heterocycles. The molecule has 0 bridgehead atoms. The lowest BCUT2D eigenvalue weighted by Gasteiger charge is -2.12. The lowest BCUT2D eigenvalue weighted by Crippen LogP contribution is -2.13. The van der Waals surface area contributed by atoms with E-state index in [1.807, 2.05) is 41.8 Å². The van der Waals surface area contributed by atoms with Crippen LogP contribution in [0.4, 0.5) is 0 Å². The highest BCUT2D eigenvalue weighted by molar-refractivity contribution is 9.10.